The van der Waals surface area contributed by atoms with Gasteiger partial charge in [0.25, 0.3) is 0 Å². The second-order valence-corrected chi connectivity index (χ2v) is 4.37. The molecule has 1 aliphatic heterocycles. The number of carbonyl (C=O) groups excluding carboxylic acids is 1. The largest absolute Gasteiger partial charge is 0.349 e. The zero-order valence-electron chi connectivity index (χ0n) is 10.1. The fourth-order valence-corrected chi connectivity index (χ4v) is 1.96. The van der Waals surface area contributed by atoms with Crippen molar-refractivity contribution in [3.8, 4) is 0 Å². The molecule has 1 amide bonds. The quantitative estimate of drug-likeness (QED) is 0.836. The zero-order chi connectivity index (χ0) is 11.5. The van der Waals surface area contributed by atoms with Crippen LogP contribution in [0, 0.1) is 5.92 Å². The smallest absolute Gasteiger partial charge is 0.224 e. The number of aromatic nitrogens is 2. The summed E-state index contributed by atoms with van der Waals surface area (Å²) in [5, 5.41) is 10.3. The molecule has 17 heavy (non-hydrogen) atoms. The monoisotopic (exact) mass is 258 g/mol. The molecule has 0 bridgehead atoms. The summed E-state index contributed by atoms with van der Waals surface area (Å²) >= 11 is 0. The molecule has 96 valence electrons. The van der Waals surface area contributed by atoms with Crippen LogP contribution < -0.4 is 10.6 Å². The topological polar surface area (TPSA) is 59.0 Å². The number of carbonyl (C=O) groups is 1. The van der Waals surface area contributed by atoms with Gasteiger partial charge in [-0.25, -0.2) is 0 Å². The predicted molar refractivity (Wildman–Crippen MR) is 68.0 cm³/mol. The molecule has 1 aromatic heterocycles. The third kappa shape index (κ3) is 3.44. The Balaban J connectivity index is 0.00000144. The van der Waals surface area contributed by atoms with E-state index in [0.29, 0.717) is 0 Å². The van der Waals surface area contributed by atoms with Crippen LogP contribution in [0.2, 0.25) is 0 Å². The van der Waals surface area contributed by atoms with Gasteiger partial charge in [-0.05, 0) is 19.9 Å². The molecule has 0 aromatic carbocycles. The van der Waals surface area contributed by atoms with Crippen LogP contribution in [0.25, 0.3) is 0 Å². The van der Waals surface area contributed by atoms with Crippen molar-refractivity contribution in [3.63, 3.8) is 0 Å². The van der Waals surface area contributed by atoms with E-state index in [1.54, 1.807) is 10.9 Å². The average Bonchev–Trinajstić information content (AvgIpc) is 2.87. The van der Waals surface area contributed by atoms with E-state index < -0.39 is 0 Å². The first kappa shape index (κ1) is 14.0. The van der Waals surface area contributed by atoms with Gasteiger partial charge in [-0.1, -0.05) is 0 Å². The second kappa shape index (κ2) is 6.02. The lowest BCUT2D eigenvalue weighted by Gasteiger charge is -2.15. The lowest BCUT2D eigenvalue weighted by molar-refractivity contribution is -0.125. The Hall–Kier alpha value is -1.07. The summed E-state index contributed by atoms with van der Waals surface area (Å²) in [6, 6.07) is 0.0294. The van der Waals surface area contributed by atoms with Crippen LogP contribution in [0.5, 0.6) is 0 Å². The standard InChI is InChI=1S/C11H18N4O.ClH/c1-8(10-6-13-15(2)7-10)14-11(16)9-3-4-12-5-9;/h6-9,12H,3-5H2,1-2H3,(H,14,16);1H. The van der Waals surface area contributed by atoms with Crippen molar-refractivity contribution < 1.29 is 4.79 Å². The van der Waals surface area contributed by atoms with Crippen molar-refractivity contribution >= 4 is 18.3 Å². The molecule has 2 atom stereocenters. The van der Waals surface area contributed by atoms with Crippen molar-refractivity contribution in [2.75, 3.05) is 13.1 Å². The maximum atomic E-state index is 11.9. The molecule has 1 aromatic rings. The van der Waals surface area contributed by atoms with Crippen LogP contribution in [0.4, 0.5) is 0 Å². The van der Waals surface area contributed by atoms with Crippen molar-refractivity contribution in [2.24, 2.45) is 13.0 Å². The van der Waals surface area contributed by atoms with Crippen LogP contribution in [0.1, 0.15) is 24.9 Å². The van der Waals surface area contributed by atoms with Gasteiger partial charge >= 0.3 is 0 Å². The van der Waals surface area contributed by atoms with Crippen LogP contribution in [0.15, 0.2) is 12.4 Å². The third-order valence-corrected chi connectivity index (χ3v) is 3.01. The molecule has 0 saturated carbocycles. The van der Waals surface area contributed by atoms with Crippen LogP contribution in [-0.4, -0.2) is 28.8 Å². The highest BCUT2D eigenvalue weighted by Gasteiger charge is 2.23. The number of hydrogen-bond acceptors (Lipinski definition) is 3. The molecule has 6 heteroatoms. The van der Waals surface area contributed by atoms with Gasteiger partial charge < -0.3 is 10.6 Å². The number of amides is 1. The van der Waals surface area contributed by atoms with Crippen molar-refractivity contribution in [1.29, 1.82) is 0 Å². The number of aryl methyl sites for hydroxylation is 1. The highest BCUT2D eigenvalue weighted by atomic mass is 35.5. The molecule has 2 heterocycles. The van der Waals surface area contributed by atoms with Gasteiger partial charge in [-0.3, -0.25) is 9.48 Å². The molecular weight excluding hydrogens is 240 g/mol. The minimum absolute atomic E-state index is 0. The molecule has 0 radical (unpaired) electrons. The van der Waals surface area contributed by atoms with E-state index >= 15 is 0 Å². The molecule has 0 spiro atoms. The van der Waals surface area contributed by atoms with E-state index in [-0.39, 0.29) is 30.3 Å². The summed E-state index contributed by atoms with van der Waals surface area (Å²) in [6.45, 7) is 3.72. The van der Waals surface area contributed by atoms with Gasteiger partial charge in [0.2, 0.25) is 5.91 Å². The van der Waals surface area contributed by atoms with E-state index in [1.165, 1.54) is 0 Å². The lowest BCUT2D eigenvalue weighted by Crippen LogP contribution is -2.33. The molecular formula is C11H19ClN4O. The second-order valence-electron chi connectivity index (χ2n) is 4.37. The molecule has 5 nitrogen and oxygen atoms in total. The van der Waals surface area contributed by atoms with E-state index in [1.807, 2.05) is 20.2 Å². The van der Waals surface area contributed by atoms with Crippen molar-refractivity contribution in [3.05, 3.63) is 18.0 Å². The number of nitrogens with zero attached hydrogens (tertiary/aromatic N) is 2. The Bertz CT molecular complexity index is 373. The summed E-state index contributed by atoms with van der Waals surface area (Å²) in [6.07, 6.45) is 4.65. The zero-order valence-corrected chi connectivity index (χ0v) is 11.0. The molecule has 1 fully saturated rings. The van der Waals surface area contributed by atoms with Gasteiger partial charge in [0, 0.05) is 25.4 Å². The van der Waals surface area contributed by atoms with Crippen LogP contribution >= 0.6 is 12.4 Å². The summed E-state index contributed by atoms with van der Waals surface area (Å²) in [5.74, 6) is 0.264. The number of rotatable bonds is 3. The van der Waals surface area contributed by atoms with Crippen LogP contribution in [-0.2, 0) is 11.8 Å². The van der Waals surface area contributed by atoms with Gasteiger partial charge in [0.05, 0.1) is 18.2 Å². The third-order valence-electron chi connectivity index (χ3n) is 3.01. The van der Waals surface area contributed by atoms with Crippen LogP contribution in [0.3, 0.4) is 0 Å². The first-order chi connectivity index (χ1) is 7.66. The Labute approximate surface area is 107 Å². The highest BCUT2D eigenvalue weighted by Crippen LogP contribution is 2.13. The van der Waals surface area contributed by atoms with Crippen molar-refractivity contribution in [1.82, 2.24) is 20.4 Å². The summed E-state index contributed by atoms with van der Waals surface area (Å²) < 4.78 is 1.75. The SMILES string of the molecule is CC(NC(=O)C1CCNC1)c1cnn(C)c1.Cl. The molecule has 2 unspecified atom stereocenters. The van der Waals surface area contributed by atoms with E-state index in [4.69, 9.17) is 0 Å². The fourth-order valence-electron chi connectivity index (χ4n) is 1.96. The molecule has 2 rings (SSSR count). The fraction of sp³-hybridized carbons (Fsp3) is 0.636. The van der Waals surface area contributed by atoms with Crippen molar-refractivity contribution in [2.45, 2.75) is 19.4 Å². The Kier molecular flexibility index (Phi) is 4.96. The summed E-state index contributed by atoms with van der Waals surface area (Å²) in [5.41, 5.74) is 1.04. The van der Waals surface area contributed by atoms with E-state index in [0.717, 1.165) is 25.1 Å². The minimum atomic E-state index is 0. The average molecular weight is 259 g/mol. The molecule has 1 saturated heterocycles. The molecule has 1 aliphatic rings. The van der Waals surface area contributed by atoms with Gasteiger partial charge in [-0.15, -0.1) is 12.4 Å². The molecule has 0 aliphatic carbocycles. The highest BCUT2D eigenvalue weighted by molar-refractivity contribution is 5.85. The van der Waals surface area contributed by atoms with E-state index in [2.05, 4.69) is 15.7 Å². The maximum Gasteiger partial charge on any atom is 0.224 e. The lowest BCUT2D eigenvalue weighted by atomic mass is 10.1. The van der Waals surface area contributed by atoms with Gasteiger partial charge in [-0.2, -0.15) is 5.10 Å². The molecule has 2 N–H and O–H groups in total. The minimum Gasteiger partial charge on any atom is -0.349 e. The normalized spacial score (nSPS) is 20.7. The number of nitrogens with one attached hydrogen (secondary N) is 2. The Morgan fingerprint density at radius 3 is 3.00 bits per heavy atom. The summed E-state index contributed by atoms with van der Waals surface area (Å²) in [7, 11) is 1.87. The van der Waals surface area contributed by atoms with E-state index in [9.17, 15) is 4.79 Å². The number of halogens is 1. The first-order valence-electron chi connectivity index (χ1n) is 5.66. The predicted octanol–water partition coefficient (Wildman–Crippen LogP) is 0.629. The Morgan fingerprint density at radius 1 is 1.71 bits per heavy atom. The summed E-state index contributed by atoms with van der Waals surface area (Å²) in [4.78, 5) is 11.9. The van der Waals surface area contributed by atoms with Gasteiger partial charge in [0.15, 0.2) is 0 Å². The Morgan fingerprint density at radius 2 is 2.47 bits per heavy atom. The maximum absolute atomic E-state index is 11.9. The van der Waals surface area contributed by atoms with Gasteiger partial charge in [0.1, 0.15) is 0 Å². The first-order valence-corrected chi connectivity index (χ1v) is 5.66. The number of hydrogen-bond donors (Lipinski definition) is 2.